The molecule has 10 heteroatoms. The van der Waals surface area contributed by atoms with Crippen molar-refractivity contribution in [2.24, 2.45) is 0 Å². The number of imide groups is 1. The lowest BCUT2D eigenvalue weighted by molar-refractivity contribution is -0.384. The van der Waals surface area contributed by atoms with E-state index in [0.717, 1.165) is 11.0 Å². The van der Waals surface area contributed by atoms with Crippen LogP contribution in [0, 0.1) is 10.1 Å². The van der Waals surface area contributed by atoms with E-state index in [1.54, 1.807) is 12.1 Å². The van der Waals surface area contributed by atoms with Gasteiger partial charge in [-0.1, -0.05) is 5.16 Å². The molecular formula is C15H8N4O6. The van der Waals surface area contributed by atoms with Crippen LogP contribution in [0.3, 0.4) is 0 Å². The Labute approximate surface area is 138 Å². The highest BCUT2D eigenvalue weighted by atomic mass is 16.6. The number of amides is 2. The molecule has 1 aliphatic rings. The predicted octanol–water partition coefficient (Wildman–Crippen LogP) is 2.03. The minimum absolute atomic E-state index is 0.0195. The molecule has 0 spiro atoms. The highest BCUT2D eigenvalue weighted by molar-refractivity contribution is 6.21. The van der Waals surface area contributed by atoms with Crippen LogP contribution in [0.15, 0.2) is 45.5 Å². The summed E-state index contributed by atoms with van der Waals surface area (Å²) in [5, 5.41) is 14.5. The van der Waals surface area contributed by atoms with Gasteiger partial charge in [0.25, 0.3) is 23.4 Å². The number of hydrogen-bond donors (Lipinski definition) is 0. The molecule has 0 fully saturated rings. The average molecular weight is 340 g/mol. The molecular weight excluding hydrogens is 332 g/mol. The molecule has 2 amide bonds. The number of carbonyl (C=O) groups excluding carboxylic acids is 2. The molecule has 0 unspecified atom stereocenters. The van der Waals surface area contributed by atoms with Crippen LogP contribution in [0.25, 0.3) is 11.7 Å². The normalized spacial score (nSPS) is 13.4. The number of carbonyl (C=O) groups is 2. The molecule has 0 atom stereocenters. The number of benzene rings is 1. The van der Waals surface area contributed by atoms with E-state index in [4.69, 9.17) is 8.94 Å². The number of non-ortho nitro benzene ring substituents is 1. The fraction of sp³-hybridized carbons (Fsp3) is 0.0667. The van der Waals surface area contributed by atoms with Crippen LogP contribution >= 0.6 is 0 Å². The van der Waals surface area contributed by atoms with Crippen LogP contribution in [0.2, 0.25) is 0 Å². The third-order valence-electron chi connectivity index (χ3n) is 3.66. The third kappa shape index (κ3) is 2.36. The first-order valence-corrected chi connectivity index (χ1v) is 7.05. The first-order chi connectivity index (χ1) is 12.0. The first kappa shape index (κ1) is 14.8. The summed E-state index contributed by atoms with van der Waals surface area (Å²) >= 11 is 0. The van der Waals surface area contributed by atoms with Gasteiger partial charge < -0.3 is 8.94 Å². The zero-order valence-electron chi connectivity index (χ0n) is 12.4. The molecule has 0 saturated heterocycles. The van der Waals surface area contributed by atoms with E-state index >= 15 is 0 Å². The van der Waals surface area contributed by atoms with Gasteiger partial charge in [-0.15, -0.1) is 0 Å². The lowest BCUT2D eigenvalue weighted by Gasteiger charge is -2.10. The Morgan fingerprint density at radius 1 is 1.16 bits per heavy atom. The Bertz CT molecular complexity index is 1010. The highest BCUT2D eigenvalue weighted by Crippen LogP contribution is 2.28. The van der Waals surface area contributed by atoms with E-state index in [-0.39, 0.29) is 35.1 Å². The molecule has 3 heterocycles. The van der Waals surface area contributed by atoms with Crippen molar-refractivity contribution in [3.05, 3.63) is 63.7 Å². The fourth-order valence-corrected chi connectivity index (χ4v) is 2.50. The molecule has 2 aromatic heterocycles. The second-order valence-corrected chi connectivity index (χ2v) is 5.18. The lowest BCUT2D eigenvalue weighted by Crippen LogP contribution is -2.29. The molecule has 0 aliphatic carbocycles. The van der Waals surface area contributed by atoms with E-state index in [0.29, 0.717) is 5.76 Å². The van der Waals surface area contributed by atoms with Crippen LogP contribution in [0.5, 0.6) is 0 Å². The van der Waals surface area contributed by atoms with Gasteiger partial charge in [-0.25, -0.2) is 0 Å². The van der Waals surface area contributed by atoms with Gasteiger partial charge in [-0.2, -0.15) is 4.98 Å². The maximum absolute atomic E-state index is 12.4. The smallest absolute Gasteiger partial charge is 0.293 e. The second kappa shape index (κ2) is 5.37. The van der Waals surface area contributed by atoms with E-state index in [9.17, 15) is 19.7 Å². The Hall–Kier alpha value is -3.82. The summed E-state index contributed by atoms with van der Waals surface area (Å²) in [6.45, 7) is -0.218. The third-order valence-corrected chi connectivity index (χ3v) is 3.66. The topological polar surface area (TPSA) is 133 Å². The number of rotatable bonds is 4. The van der Waals surface area contributed by atoms with E-state index < -0.39 is 16.7 Å². The van der Waals surface area contributed by atoms with Crippen molar-refractivity contribution in [2.45, 2.75) is 6.54 Å². The second-order valence-electron chi connectivity index (χ2n) is 5.18. The molecule has 0 saturated carbocycles. The summed E-state index contributed by atoms with van der Waals surface area (Å²) < 4.78 is 10.1. The molecule has 25 heavy (non-hydrogen) atoms. The minimum atomic E-state index is -0.645. The minimum Gasteiger partial charge on any atom is -0.459 e. The van der Waals surface area contributed by atoms with Crippen LogP contribution in [-0.2, 0) is 6.54 Å². The van der Waals surface area contributed by atoms with Crippen molar-refractivity contribution >= 4 is 17.5 Å². The number of fused-ring (bicyclic) bond motifs is 1. The Balaban J connectivity index is 1.61. The number of aromatic nitrogens is 2. The summed E-state index contributed by atoms with van der Waals surface area (Å²) in [6.07, 6.45) is 1.44. The van der Waals surface area contributed by atoms with Gasteiger partial charge in [0.1, 0.15) is 0 Å². The summed E-state index contributed by atoms with van der Waals surface area (Å²) in [5.74, 6) is -0.633. The molecule has 0 bridgehead atoms. The number of nitro benzene ring substituents is 1. The van der Waals surface area contributed by atoms with E-state index in [1.807, 2.05) is 0 Å². The van der Waals surface area contributed by atoms with E-state index in [1.165, 1.54) is 18.4 Å². The van der Waals surface area contributed by atoms with Crippen molar-refractivity contribution in [1.29, 1.82) is 0 Å². The zero-order chi connectivity index (χ0) is 17.6. The molecule has 3 aromatic rings. The van der Waals surface area contributed by atoms with Gasteiger partial charge in [0.2, 0.25) is 0 Å². The standard InChI is InChI=1S/C15H8N4O6/c20-14-9-4-3-8(19(22)23)6-10(9)15(21)18(14)7-12-16-13(25-17-12)11-2-1-5-24-11/h1-6H,7H2. The molecule has 1 aliphatic heterocycles. The maximum Gasteiger partial charge on any atom is 0.293 e. The van der Waals surface area contributed by atoms with Crippen LogP contribution in [0.1, 0.15) is 26.5 Å². The van der Waals surface area contributed by atoms with Crippen molar-refractivity contribution in [3.63, 3.8) is 0 Å². The number of nitrogens with zero attached hydrogens (tertiary/aromatic N) is 4. The molecule has 124 valence electrons. The van der Waals surface area contributed by atoms with E-state index in [2.05, 4.69) is 10.1 Å². The number of furan rings is 1. The van der Waals surface area contributed by atoms with Gasteiger partial charge in [0, 0.05) is 12.1 Å². The number of hydrogen-bond acceptors (Lipinski definition) is 8. The van der Waals surface area contributed by atoms with Crippen molar-refractivity contribution in [3.8, 4) is 11.7 Å². The van der Waals surface area contributed by atoms with Gasteiger partial charge in [0.05, 0.1) is 28.9 Å². The maximum atomic E-state index is 12.4. The molecule has 1 aromatic carbocycles. The number of nitro groups is 1. The molecule has 0 radical (unpaired) electrons. The molecule has 0 N–H and O–H groups in total. The largest absolute Gasteiger partial charge is 0.459 e. The predicted molar refractivity (Wildman–Crippen MR) is 79.3 cm³/mol. The first-order valence-electron chi connectivity index (χ1n) is 7.05. The van der Waals surface area contributed by atoms with Gasteiger partial charge in [-0.3, -0.25) is 24.6 Å². The Kier molecular flexibility index (Phi) is 3.17. The average Bonchev–Trinajstić information content (AvgIpc) is 3.32. The van der Waals surface area contributed by atoms with Gasteiger partial charge in [0.15, 0.2) is 11.6 Å². The quantitative estimate of drug-likeness (QED) is 0.400. The van der Waals surface area contributed by atoms with Gasteiger partial charge >= 0.3 is 0 Å². The Morgan fingerprint density at radius 3 is 2.68 bits per heavy atom. The van der Waals surface area contributed by atoms with Crippen LogP contribution in [0.4, 0.5) is 5.69 Å². The molecule has 4 rings (SSSR count). The fourth-order valence-electron chi connectivity index (χ4n) is 2.50. The highest BCUT2D eigenvalue weighted by Gasteiger charge is 2.37. The lowest BCUT2D eigenvalue weighted by atomic mass is 10.1. The summed E-state index contributed by atoms with van der Waals surface area (Å²) in [7, 11) is 0. The summed E-state index contributed by atoms with van der Waals surface area (Å²) in [6, 6.07) is 6.80. The van der Waals surface area contributed by atoms with Crippen molar-refractivity contribution in [1.82, 2.24) is 15.0 Å². The van der Waals surface area contributed by atoms with Crippen molar-refractivity contribution < 1.29 is 23.5 Å². The monoisotopic (exact) mass is 340 g/mol. The molecule has 10 nitrogen and oxygen atoms in total. The Morgan fingerprint density at radius 2 is 1.96 bits per heavy atom. The zero-order valence-corrected chi connectivity index (χ0v) is 12.4. The van der Waals surface area contributed by atoms with Crippen LogP contribution in [-0.4, -0.2) is 31.8 Å². The summed E-state index contributed by atoms with van der Waals surface area (Å²) in [5.41, 5.74) is -0.180. The van der Waals surface area contributed by atoms with Crippen molar-refractivity contribution in [2.75, 3.05) is 0 Å². The van der Waals surface area contributed by atoms with Gasteiger partial charge in [-0.05, 0) is 18.2 Å². The SMILES string of the molecule is O=C1c2ccc([N+](=O)[O-])cc2C(=O)N1Cc1noc(-c2ccco2)n1. The summed E-state index contributed by atoms with van der Waals surface area (Å²) in [4.78, 5) is 39.9. The van der Waals surface area contributed by atoms with Crippen LogP contribution < -0.4 is 0 Å².